The van der Waals surface area contributed by atoms with Crippen molar-refractivity contribution in [1.29, 1.82) is 0 Å². The summed E-state index contributed by atoms with van der Waals surface area (Å²) in [4.78, 5) is 0. The van der Waals surface area contributed by atoms with Crippen LogP contribution in [0.3, 0.4) is 0 Å². The van der Waals surface area contributed by atoms with Gasteiger partial charge in [0, 0.05) is 5.02 Å². The van der Waals surface area contributed by atoms with Crippen LogP contribution in [0.25, 0.3) is 0 Å². The first kappa shape index (κ1) is 13.1. The Bertz CT molecular complexity index is 171. The second kappa shape index (κ2) is 6.20. The molecule has 0 saturated carbocycles. The van der Waals surface area contributed by atoms with Crippen LogP contribution in [0, 0.1) is 6.92 Å². The third-order valence-corrected chi connectivity index (χ3v) is 1.22. The van der Waals surface area contributed by atoms with E-state index in [0.717, 1.165) is 5.02 Å². The second-order valence-corrected chi connectivity index (χ2v) is 2.24. The molecule has 0 spiro atoms. The maximum absolute atomic E-state index is 5.64. The van der Waals surface area contributed by atoms with Gasteiger partial charge in [-0.05, 0) is 24.6 Å². The van der Waals surface area contributed by atoms with Crippen molar-refractivity contribution in [2.75, 3.05) is 0 Å². The van der Waals surface area contributed by atoms with E-state index in [2.05, 4.69) is 0 Å². The van der Waals surface area contributed by atoms with Crippen LogP contribution in [0.15, 0.2) is 24.3 Å². The molecule has 0 aromatic heterocycles. The molecule has 3 heteroatoms. The summed E-state index contributed by atoms with van der Waals surface area (Å²) in [5.41, 5.74) is 1.21. The Labute approximate surface area is 87.1 Å². The standard InChI is InChI=1S/C7H7Cl.2BrH/c1-6-3-2-4-7(8)5-6;;/h2-5H,1H3;2*1H. The maximum atomic E-state index is 5.64. The van der Waals surface area contributed by atoms with Crippen LogP contribution in [0.5, 0.6) is 0 Å². The highest BCUT2D eigenvalue weighted by Crippen LogP contribution is 2.08. The van der Waals surface area contributed by atoms with Crippen molar-refractivity contribution < 1.29 is 0 Å². The SMILES string of the molecule is Br.Br.Cc1cccc(Cl)c1. The highest BCUT2D eigenvalue weighted by Gasteiger charge is 1.82. The minimum atomic E-state index is 0. The summed E-state index contributed by atoms with van der Waals surface area (Å²) in [6, 6.07) is 7.76. The van der Waals surface area contributed by atoms with Gasteiger partial charge >= 0.3 is 0 Å². The predicted molar refractivity (Wildman–Crippen MR) is 56.8 cm³/mol. The number of hydrogen-bond donors (Lipinski definition) is 0. The largest absolute Gasteiger partial charge is 0.114 e. The van der Waals surface area contributed by atoms with Gasteiger partial charge in [-0.15, -0.1) is 34.0 Å². The van der Waals surface area contributed by atoms with Crippen LogP contribution in [0.2, 0.25) is 5.02 Å². The topological polar surface area (TPSA) is 0 Å². The van der Waals surface area contributed by atoms with E-state index in [-0.39, 0.29) is 34.0 Å². The summed E-state index contributed by atoms with van der Waals surface area (Å²) >= 11 is 5.64. The molecule has 58 valence electrons. The molecule has 0 heterocycles. The number of aryl methyl sites for hydroxylation is 1. The smallest absolute Gasteiger partial charge is 0.0408 e. The molecule has 0 radical (unpaired) electrons. The average molecular weight is 288 g/mol. The number of halogens is 3. The molecule has 0 aliphatic heterocycles. The third kappa shape index (κ3) is 4.31. The Balaban J connectivity index is 0. The van der Waals surface area contributed by atoms with Gasteiger partial charge in [-0.3, -0.25) is 0 Å². The Morgan fingerprint density at radius 1 is 1.20 bits per heavy atom. The van der Waals surface area contributed by atoms with Crippen LogP contribution < -0.4 is 0 Å². The molecule has 0 saturated heterocycles. The fraction of sp³-hybridized carbons (Fsp3) is 0.143. The molecule has 0 fully saturated rings. The van der Waals surface area contributed by atoms with Crippen LogP contribution in [-0.2, 0) is 0 Å². The second-order valence-electron chi connectivity index (χ2n) is 1.80. The molecular formula is C7H9Br2Cl. The van der Waals surface area contributed by atoms with Crippen molar-refractivity contribution in [2.45, 2.75) is 6.92 Å². The predicted octanol–water partition coefficient (Wildman–Crippen LogP) is 3.80. The molecular weight excluding hydrogens is 279 g/mol. The third-order valence-electron chi connectivity index (χ3n) is 0.980. The van der Waals surface area contributed by atoms with Gasteiger partial charge in [0.15, 0.2) is 0 Å². The lowest BCUT2D eigenvalue weighted by molar-refractivity contribution is 1.47. The molecule has 1 aromatic carbocycles. The fourth-order valence-corrected chi connectivity index (χ4v) is 0.850. The van der Waals surface area contributed by atoms with Crippen molar-refractivity contribution in [1.82, 2.24) is 0 Å². The van der Waals surface area contributed by atoms with E-state index in [1.807, 2.05) is 31.2 Å². The minimum Gasteiger partial charge on any atom is -0.114 e. The van der Waals surface area contributed by atoms with Crippen LogP contribution >= 0.6 is 45.6 Å². The molecule has 0 amide bonds. The fourth-order valence-electron chi connectivity index (χ4n) is 0.606. The first-order chi connectivity index (χ1) is 3.79. The summed E-state index contributed by atoms with van der Waals surface area (Å²) in [7, 11) is 0. The maximum Gasteiger partial charge on any atom is 0.0408 e. The number of rotatable bonds is 0. The number of benzene rings is 1. The zero-order valence-electron chi connectivity index (χ0n) is 5.50. The van der Waals surface area contributed by atoms with Gasteiger partial charge in [-0.25, -0.2) is 0 Å². The molecule has 0 N–H and O–H groups in total. The molecule has 0 aliphatic carbocycles. The highest BCUT2D eigenvalue weighted by molar-refractivity contribution is 8.93. The highest BCUT2D eigenvalue weighted by atomic mass is 79.9. The molecule has 0 unspecified atom stereocenters. The Morgan fingerprint density at radius 3 is 2.10 bits per heavy atom. The molecule has 1 aromatic rings. The lowest BCUT2D eigenvalue weighted by Gasteiger charge is -1.88. The van der Waals surface area contributed by atoms with Gasteiger partial charge in [-0.1, -0.05) is 23.7 Å². The molecule has 0 bridgehead atoms. The van der Waals surface area contributed by atoms with E-state index in [9.17, 15) is 0 Å². The summed E-state index contributed by atoms with van der Waals surface area (Å²) in [5, 5.41) is 0.810. The average Bonchev–Trinajstić information content (AvgIpc) is 1.64. The van der Waals surface area contributed by atoms with E-state index in [0.29, 0.717) is 0 Å². The normalized spacial score (nSPS) is 7.40. The first-order valence-corrected chi connectivity index (χ1v) is 2.89. The molecule has 10 heavy (non-hydrogen) atoms. The van der Waals surface area contributed by atoms with Crippen molar-refractivity contribution in [3.63, 3.8) is 0 Å². The monoisotopic (exact) mass is 286 g/mol. The summed E-state index contributed by atoms with van der Waals surface area (Å²) in [6.07, 6.45) is 0. The van der Waals surface area contributed by atoms with Gasteiger partial charge in [0.05, 0.1) is 0 Å². The lowest BCUT2D eigenvalue weighted by Crippen LogP contribution is -1.66. The van der Waals surface area contributed by atoms with Gasteiger partial charge < -0.3 is 0 Å². The van der Waals surface area contributed by atoms with Crippen molar-refractivity contribution in [3.05, 3.63) is 34.9 Å². The van der Waals surface area contributed by atoms with Gasteiger partial charge in [0.1, 0.15) is 0 Å². The van der Waals surface area contributed by atoms with Gasteiger partial charge in [0.25, 0.3) is 0 Å². The van der Waals surface area contributed by atoms with Gasteiger partial charge in [0.2, 0.25) is 0 Å². The van der Waals surface area contributed by atoms with E-state index in [4.69, 9.17) is 11.6 Å². The summed E-state index contributed by atoms with van der Waals surface area (Å²) in [5.74, 6) is 0. The van der Waals surface area contributed by atoms with Crippen LogP contribution in [-0.4, -0.2) is 0 Å². The van der Waals surface area contributed by atoms with Crippen LogP contribution in [0.4, 0.5) is 0 Å². The van der Waals surface area contributed by atoms with Crippen LogP contribution in [0.1, 0.15) is 5.56 Å². The molecule has 0 atom stereocenters. The Hall–Kier alpha value is 0.470. The summed E-state index contributed by atoms with van der Waals surface area (Å²) < 4.78 is 0. The van der Waals surface area contributed by atoms with E-state index in [1.54, 1.807) is 0 Å². The summed E-state index contributed by atoms with van der Waals surface area (Å²) in [6.45, 7) is 2.02. The van der Waals surface area contributed by atoms with Crippen molar-refractivity contribution >= 4 is 45.6 Å². The first-order valence-electron chi connectivity index (χ1n) is 2.51. The zero-order chi connectivity index (χ0) is 5.98. The lowest BCUT2D eigenvalue weighted by atomic mass is 10.2. The zero-order valence-corrected chi connectivity index (χ0v) is 9.69. The Morgan fingerprint density at radius 2 is 1.80 bits per heavy atom. The molecule has 1 rings (SSSR count). The molecule has 0 aliphatic rings. The van der Waals surface area contributed by atoms with E-state index in [1.165, 1.54) is 5.56 Å². The van der Waals surface area contributed by atoms with Crippen molar-refractivity contribution in [2.24, 2.45) is 0 Å². The molecule has 0 nitrogen and oxygen atoms in total. The van der Waals surface area contributed by atoms with Crippen molar-refractivity contribution in [3.8, 4) is 0 Å². The Kier molecular flexibility index (Phi) is 8.11. The number of hydrogen-bond acceptors (Lipinski definition) is 0. The van der Waals surface area contributed by atoms with E-state index >= 15 is 0 Å². The minimum absolute atomic E-state index is 0. The van der Waals surface area contributed by atoms with E-state index < -0.39 is 0 Å². The van der Waals surface area contributed by atoms with Gasteiger partial charge in [-0.2, -0.15) is 0 Å². The quantitative estimate of drug-likeness (QED) is 0.681.